The van der Waals surface area contributed by atoms with Crippen LogP contribution in [0.4, 0.5) is 0 Å². The molecular weight excluding hydrogens is 364 g/mol. The number of oxime groups is 1. The van der Waals surface area contributed by atoms with Crippen LogP contribution in [0.2, 0.25) is 0 Å². The van der Waals surface area contributed by atoms with Crippen molar-refractivity contribution in [2.24, 2.45) is 5.16 Å². The molecule has 2 fully saturated rings. The van der Waals surface area contributed by atoms with Crippen molar-refractivity contribution in [3.63, 3.8) is 0 Å². The summed E-state index contributed by atoms with van der Waals surface area (Å²) in [5.41, 5.74) is 3.78. The van der Waals surface area contributed by atoms with Crippen LogP contribution in [-0.4, -0.2) is 44.5 Å². The zero-order valence-electron chi connectivity index (χ0n) is 17.6. The Hall–Kier alpha value is -2.53. The van der Waals surface area contributed by atoms with Crippen molar-refractivity contribution in [3.8, 4) is 11.5 Å². The highest BCUT2D eigenvalue weighted by molar-refractivity contribution is 5.86. The fourth-order valence-corrected chi connectivity index (χ4v) is 4.94. The smallest absolute Gasteiger partial charge is 0.161 e. The molecule has 5 nitrogen and oxygen atoms in total. The Morgan fingerprint density at radius 3 is 2.59 bits per heavy atom. The van der Waals surface area contributed by atoms with Gasteiger partial charge in [-0.2, -0.15) is 0 Å². The van der Waals surface area contributed by atoms with Crippen LogP contribution in [0.5, 0.6) is 11.5 Å². The van der Waals surface area contributed by atoms with E-state index in [2.05, 4.69) is 41.4 Å². The second-order valence-corrected chi connectivity index (χ2v) is 8.09. The highest BCUT2D eigenvalue weighted by Crippen LogP contribution is 2.49. The second kappa shape index (κ2) is 8.46. The molecule has 1 saturated heterocycles. The average Bonchev–Trinajstić information content (AvgIpc) is 3.11. The van der Waals surface area contributed by atoms with Gasteiger partial charge in [0.2, 0.25) is 0 Å². The van der Waals surface area contributed by atoms with Gasteiger partial charge in [0.25, 0.3) is 0 Å². The Bertz CT molecular complexity index is 868. The third-order valence-corrected chi connectivity index (χ3v) is 6.60. The molecule has 4 rings (SSSR count). The average molecular weight is 395 g/mol. The van der Waals surface area contributed by atoms with Gasteiger partial charge in [-0.25, -0.2) is 0 Å². The van der Waals surface area contributed by atoms with Gasteiger partial charge in [0, 0.05) is 17.9 Å². The third kappa shape index (κ3) is 3.84. The number of nitrogens with zero attached hydrogens (tertiary/aromatic N) is 2. The molecule has 0 aromatic heterocycles. The molecule has 0 spiro atoms. The largest absolute Gasteiger partial charge is 0.493 e. The molecule has 0 radical (unpaired) electrons. The molecule has 2 atom stereocenters. The number of benzene rings is 2. The molecule has 0 bridgehead atoms. The van der Waals surface area contributed by atoms with Crippen molar-refractivity contribution in [1.82, 2.24) is 4.90 Å². The monoisotopic (exact) mass is 394 g/mol. The lowest BCUT2D eigenvalue weighted by Crippen LogP contribution is -2.46. The Morgan fingerprint density at radius 1 is 1.03 bits per heavy atom. The van der Waals surface area contributed by atoms with Gasteiger partial charge in [0.15, 0.2) is 11.5 Å². The van der Waals surface area contributed by atoms with Gasteiger partial charge in [-0.1, -0.05) is 41.6 Å². The number of likely N-dealkylation sites (tertiary alicyclic amines) is 1. The van der Waals surface area contributed by atoms with Gasteiger partial charge in [0.1, 0.15) is 6.61 Å². The van der Waals surface area contributed by atoms with E-state index in [4.69, 9.17) is 14.3 Å². The lowest BCUT2D eigenvalue weighted by molar-refractivity contribution is 0.125. The summed E-state index contributed by atoms with van der Waals surface area (Å²) < 4.78 is 11.0. The van der Waals surface area contributed by atoms with Crippen LogP contribution in [0, 0.1) is 0 Å². The number of methoxy groups -OCH3 is 2. The number of rotatable bonds is 6. The second-order valence-electron chi connectivity index (χ2n) is 8.09. The van der Waals surface area contributed by atoms with Crippen molar-refractivity contribution in [3.05, 3.63) is 59.7 Å². The normalized spacial score (nSPS) is 25.6. The number of fused-ring (bicyclic) bond motifs is 1. The Kier molecular flexibility index (Phi) is 5.76. The predicted molar refractivity (Wildman–Crippen MR) is 115 cm³/mol. The fraction of sp³-hybridized carbons (Fsp3) is 0.458. The minimum Gasteiger partial charge on any atom is -0.493 e. The third-order valence-electron chi connectivity index (χ3n) is 6.60. The minimum absolute atomic E-state index is 0.132. The maximum Gasteiger partial charge on any atom is 0.161 e. The SMILES string of the molecule is COc1ccc(C23CC/C(=N\OCc4ccccc4)CC2N(C)CC3)cc1OC. The summed E-state index contributed by atoms with van der Waals surface area (Å²) in [7, 11) is 5.61. The quantitative estimate of drug-likeness (QED) is 0.681. The van der Waals surface area contributed by atoms with Crippen LogP contribution in [0.15, 0.2) is 53.7 Å². The summed E-state index contributed by atoms with van der Waals surface area (Å²) >= 11 is 0. The van der Waals surface area contributed by atoms with E-state index in [1.165, 1.54) is 5.56 Å². The standard InChI is InChI=1S/C24H30N2O3/c1-26-14-13-24(19-9-10-21(27-2)22(15-19)28-3)12-11-20(16-23(24)26)25-29-17-18-7-5-4-6-8-18/h4-10,15,23H,11-14,16-17H2,1-3H3/b25-20+. The van der Waals surface area contributed by atoms with Crippen molar-refractivity contribution in [2.75, 3.05) is 27.8 Å². The van der Waals surface area contributed by atoms with E-state index in [0.29, 0.717) is 12.6 Å². The van der Waals surface area contributed by atoms with Crippen molar-refractivity contribution in [2.45, 2.75) is 43.7 Å². The van der Waals surface area contributed by atoms with Gasteiger partial charge in [-0.15, -0.1) is 0 Å². The van der Waals surface area contributed by atoms with E-state index in [0.717, 1.165) is 55.0 Å². The molecule has 0 N–H and O–H groups in total. The highest BCUT2D eigenvalue weighted by atomic mass is 16.6. The van der Waals surface area contributed by atoms with E-state index in [-0.39, 0.29) is 5.41 Å². The molecular formula is C24H30N2O3. The van der Waals surface area contributed by atoms with E-state index in [9.17, 15) is 0 Å². The highest BCUT2D eigenvalue weighted by Gasteiger charge is 2.50. The number of likely N-dealkylation sites (N-methyl/N-ethyl adjacent to an activating group) is 1. The molecule has 1 heterocycles. The van der Waals surface area contributed by atoms with E-state index >= 15 is 0 Å². The summed E-state index contributed by atoms with van der Waals surface area (Å²) in [6.45, 7) is 1.61. The summed E-state index contributed by atoms with van der Waals surface area (Å²) in [5.74, 6) is 1.58. The maximum atomic E-state index is 5.68. The molecule has 0 amide bonds. The summed E-state index contributed by atoms with van der Waals surface area (Å²) in [5, 5.41) is 4.50. The van der Waals surface area contributed by atoms with Crippen LogP contribution in [0.1, 0.15) is 36.8 Å². The summed E-state index contributed by atoms with van der Waals surface area (Å²) in [6.07, 6.45) is 4.14. The first-order chi connectivity index (χ1) is 14.2. The van der Waals surface area contributed by atoms with Crippen LogP contribution < -0.4 is 9.47 Å². The van der Waals surface area contributed by atoms with Crippen molar-refractivity contribution in [1.29, 1.82) is 0 Å². The Morgan fingerprint density at radius 2 is 1.83 bits per heavy atom. The molecule has 5 heteroatoms. The first-order valence-electron chi connectivity index (χ1n) is 10.3. The zero-order chi connectivity index (χ0) is 20.3. The topological polar surface area (TPSA) is 43.3 Å². The number of ether oxygens (including phenoxy) is 2. The van der Waals surface area contributed by atoms with Crippen LogP contribution in [-0.2, 0) is 16.9 Å². The molecule has 2 aliphatic rings. The van der Waals surface area contributed by atoms with Crippen LogP contribution >= 0.6 is 0 Å². The van der Waals surface area contributed by atoms with Gasteiger partial charge < -0.3 is 19.2 Å². The molecule has 2 unspecified atom stereocenters. The summed E-state index contributed by atoms with van der Waals surface area (Å²) in [6, 6.07) is 17.0. The van der Waals surface area contributed by atoms with Gasteiger partial charge in [0.05, 0.1) is 19.9 Å². The van der Waals surface area contributed by atoms with E-state index in [1.54, 1.807) is 14.2 Å². The Balaban J connectivity index is 1.52. The van der Waals surface area contributed by atoms with Gasteiger partial charge >= 0.3 is 0 Å². The molecule has 2 aromatic carbocycles. The van der Waals surface area contributed by atoms with Crippen molar-refractivity contribution >= 4 is 5.71 Å². The minimum atomic E-state index is 0.132. The number of hydrogen-bond donors (Lipinski definition) is 0. The first kappa shape index (κ1) is 19.8. The van der Waals surface area contributed by atoms with Gasteiger partial charge in [-0.05, 0) is 56.1 Å². The van der Waals surface area contributed by atoms with Crippen LogP contribution in [0.25, 0.3) is 0 Å². The summed E-state index contributed by atoms with van der Waals surface area (Å²) in [4.78, 5) is 8.16. The lowest BCUT2D eigenvalue weighted by atomic mass is 9.65. The van der Waals surface area contributed by atoms with E-state index < -0.39 is 0 Å². The van der Waals surface area contributed by atoms with Crippen LogP contribution in [0.3, 0.4) is 0 Å². The lowest BCUT2D eigenvalue weighted by Gasteiger charge is -2.42. The maximum absolute atomic E-state index is 5.68. The molecule has 2 aromatic rings. The molecule has 1 aliphatic heterocycles. The van der Waals surface area contributed by atoms with E-state index in [1.807, 2.05) is 24.3 Å². The molecule has 29 heavy (non-hydrogen) atoms. The van der Waals surface area contributed by atoms with Crippen molar-refractivity contribution < 1.29 is 14.3 Å². The number of hydrogen-bond acceptors (Lipinski definition) is 5. The molecule has 154 valence electrons. The fourth-order valence-electron chi connectivity index (χ4n) is 4.94. The predicted octanol–water partition coefficient (Wildman–Crippen LogP) is 4.40. The first-order valence-corrected chi connectivity index (χ1v) is 10.3. The molecule has 1 saturated carbocycles. The van der Waals surface area contributed by atoms with Gasteiger partial charge in [-0.3, -0.25) is 0 Å². The zero-order valence-corrected chi connectivity index (χ0v) is 17.6. The Labute approximate surface area is 173 Å². The molecule has 1 aliphatic carbocycles.